The van der Waals surface area contributed by atoms with Crippen molar-refractivity contribution in [1.82, 2.24) is 15.2 Å². The highest BCUT2D eigenvalue weighted by molar-refractivity contribution is 7.17. The molecule has 106 valence electrons. The van der Waals surface area contributed by atoms with E-state index >= 15 is 0 Å². The zero-order valence-electron chi connectivity index (χ0n) is 11.3. The summed E-state index contributed by atoms with van der Waals surface area (Å²) in [4.78, 5) is 19.0. The zero-order chi connectivity index (χ0) is 13.8. The number of thiazole rings is 1. The van der Waals surface area contributed by atoms with Crippen LogP contribution in [-0.2, 0) is 4.74 Å². The van der Waals surface area contributed by atoms with Crippen molar-refractivity contribution in [1.29, 1.82) is 0 Å². The van der Waals surface area contributed by atoms with Crippen LogP contribution >= 0.6 is 11.3 Å². The second kappa shape index (κ2) is 6.31. The van der Waals surface area contributed by atoms with Crippen molar-refractivity contribution in [3.63, 3.8) is 0 Å². The van der Waals surface area contributed by atoms with Crippen LogP contribution in [0.2, 0.25) is 0 Å². The number of hydrogen-bond acceptors (Lipinski definition) is 6. The lowest BCUT2D eigenvalue weighted by Crippen LogP contribution is -2.47. The fourth-order valence-corrected chi connectivity index (χ4v) is 2.86. The third-order valence-electron chi connectivity index (χ3n) is 3.18. The molecule has 6 nitrogen and oxygen atoms in total. The van der Waals surface area contributed by atoms with Crippen LogP contribution in [0.5, 0.6) is 0 Å². The van der Waals surface area contributed by atoms with E-state index in [2.05, 4.69) is 22.1 Å². The van der Waals surface area contributed by atoms with E-state index in [-0.39, 0.29) is 12.0 Å². The van der Waals surface area contributed by atoms with E-state index in [1.165, 1.54) is 11.3 Å². The van der Waals surface area contributed by atoms with Crippen LogP contribution in [-0.4, -0.2) is 54.7 Å². The zero-order valence-corrected chi connectivity index (χ0v) is 12.1. The number of aromatic nitrogens is 1. The molecular formula is C12H20N4O2S. The number of nitrogens with zero attached hydrogens (tertiary/aromatic N) is 2. The number of ether oxygens (including phenoxy) is 1. The molecule has 1 aromatic heterocycles. The molecule has 1 amide bonds. The van der Waals surface area contributed by atoms with Gasteiger partial charge in [0.25, 0.3) is 5.91 Å². The molecule has 19 heavy (non-hydrogen) atoms. The topological polar surface area (TPSA) is 80.5 Å². The van der Waals surface area contributed by atoms with Gasteiger partial charge in [0.05, 0.1) is 18.4 Å². The highest BCUT2D eigenvalue weighted by atomic mass is 32.1. The van der Waals surface area contributed by atoms with E-state index in [1.807, 2.05) is 0 Å². The Bertz CT molecular complexity index is 449. The number of hydrogen-bond donors (Lipinski definition) is 2. The Morgan fingerprint density at radius 1 is 1.68 bits per heavy atom. The van der Waals surface area contributed by atoms with Crippen LogP contribution in [0, 0.1) is 6.92 Å². The first-order valence-corrected chi connectivity index (χ1v) is 7.26. The van der Waals surface area contributed by atoms with Crippen molar-refractivity contribution < 1.29 is 9.53 Å². The van der Waals surface area contributed by atoms with Crippen LogP contribution < -0.4 is 11.1 Å². The Morgan fingerprint density at radius 2 is 2.47 bits per heavy atom. The molecule has 1 aromatic rings. The van der Waals surface area contributed by atoms with Crippen molar-refractivity contribution in [3.05, 3.63) is 10.6 Å². The standard InChI is InChI=1S/C12H20N4O2S/c1-3-16-4-5-18-9(7-16)6-14-11(17)10-8(2)15-12(13)19-10/h9H,3-7H2,1-2H3,(H2,13,15)(H,14,17). The molecule has 0 aliphatic carbocycles. The number of aryl methyl sites for hydroxylation is 1. The summed E-state index contributed by atoms with van der Waals surface area (Å²) in [7, 11) is 0. The number of nitrogen functional groups attached to an aromatic ring is 1. The van der Waals surface area contributed by atoms with E-state index in [4.69, 9.17) is 10.5 Å². The first-order valence-electron chi connectivity index (χ1n) is 6.45. The SMILES string of the molecule is CCN1CCOC(CNC(=O)c2sc(N)nc2C)C1. The summed E-state index contributed by atoms with van der Waals surface area (Å²) >= 11 is 1.22. The minimum atomic E-state index is -0.121. The summed E-state index contributed by atoms with van der Waals surface area (Å²) in [6.07, 6.45) is 0.0585. The number of amides is 1. The number of carbonyl (C=O) groups is 1. The van der Waals surface area contributed by atoms with Gasteiger partial charge in [0.15, 0.2) is 5.13 Å². The van der Waals surface area contributed by atoms with Gasteiger partial charge in [-0.05, 0) is 13.5 Å². The predicted octanol–water partition coefficient (Wildman–Crippen LogP) is 0.484. The third-order valence-corrected chi connectivity index (χ3v) is 4.17. The Balaban J connectivity index is 1.85. The lowest BCUT2D eigenvalue weighted by Gasteiger charge is -2.32. The maximum absolute atomic E-state index is 12.0. The maximum Gasteiger partial charge on any atom is 0.263 e. The number of nitrogens with two attached hydrogens (primary N) is 1. The van der Waals surface area contributed by atoms with Crippen molar-refractivity contribution in [2.75, 3.05) is 38.5 Å². The smallest absolute Gasteiger partial charge is 0.263 e. The van der Waals surface area contributed by atoms with Crippen LogP contribution in [0.15, 0.2) is 0 Å². The summed E-state index contributed by atoms with van der Waals surface area (Å²) in [5, 5.41) is 3.32. The fraction of sp³-hybridized carbons (Fsp3) is 0.667. The van der Waals surface area contributed by atoms with Gasteiger partial charge in [0, 0.05) is 19.6 Å². The first-order chi connectivity index (χ1) is 9.10. The van der Waals surface area contributed by atoms with E-state index in [9.17, 15) is 4.79 Å². The van der Waals surface area contributed by atoms with Crippen LogP contribution in [0.4, 0.5) is 5.13 Å². The van der Waals surface area contributed by atoms with Crippen LogP contribution in [0.1, 0.15) is 22.3 Å². The van der Waals surface area contributed by atoms with Gasteiger partial charge < -0.3 is 15.8 Å². The number of anilines is 1. The van der Waals surface area contributed by atoms with Crippen molar-refractivity contribution in [2.24, 2.45) is 0 Å². The number of morpholine rings is 1. The number of rotatable bonds is 4. The number of likely N-dealkylation sites (N-methyl/N-ethyl adjacent to an activating group) is 1. The van der Waals surface area contributed by atoms with Gasteiger partial charge in [-0.2, -0.15) is 0 Å². The molecule has 1 unspecified atom stereocenters. The summed E-state index contributed by atoms with van der Waals surface area (Å²) in [5.41, 5.74) is 6.27. The van der Waals surface area contributed by atoms with E-state index < -0.39 is 0 Å². The van der Waals surface area contributed by atoms with Crippen LogP contribution in [0.25, 0.3) is 0 Å². The Labute approximate surface area is 116 Å². The molecule has 0 bridgehead atoms. The average Bonchev–Trinajstić information content (AvgIpc) is 2.75. The summed E-state index contributed by atoms with van der Waals surface area (Å²) in [5.74, 6) is -0.121. The minimum Gasteiger partial charge on any atom is -0.375 e. The lowest BCUT2D eigenvalue weighted by atomic mass is 10.2. The Kier molecular flexibility index (Phi) is 4.73. The molecule has 2 rings (SSSR count). The number of nitrogens with one attached hydrogen (secondary N) is 1. The van der Waals surface area contributed by atoms with Gasteiger partial charge >= 0.3 is 0 Å². The molecule has 1 saturated heterocycles. The number of carbonyl (C=O) groups excluding carboxylic acids is 1. The lowest BCUT2D eigenvalue weighted by molar-refractivity contribution is -0.0245. The third kappa shape index (κ3) is 3.65. The van der Waals surface area contributed by atoms with Gasteiger partial charge in [-0.15, -0.1) is 0 Å². The van der Waals surface area contributed by atoms with Crippen molar-refractivity contribution in [2.45, 2.75) is 20.0 Å². The minimum absolute atomic E-state index is 0.0585. The molecule has 0 aromatic carbocycles. The molecule has 0 saturated carbocycles. The second-order valence-electron chi connectivity index (χ2n) is 4.56. The maximum atomic E-state index is 12.0. The van der Waals surface area contributed by atoms with Crippen molar-refractivity contribution >= 4 is 22.4 Å². The van der Waals surface area contributed by atoms with Crippen molar-refractivity contribution in [3.8, 4) is 0 Å². The molecule has 1 aliphatic heterocycles. The van der Waals surface area contributed by atoms with Crippen LogP contribution in [0.3, 0.4) is 0 Å². The highest BCUT2D eigenvalue weighted by Gasteiger charge is 2.21. The molecule has 0 radical (unpaired) electrons. The second-order valence-corrected chi connectivity index (χ2v) is 5.59. The van der Waals surface area contributed by atoms with E-state index in [1.54, 1.807) is 6.92 Å². The average molecular weight is 284 g/mol. The Morgan fingerprint density at radius 3 is 3.11 bits per heavy atom. The highest BCUT2D eigenvalue weighted by Crippen LogP contribution is 2.19. The molecule has 1 fully saturated rings. The van der Waals surface area contributed by atoms with Gasteiger partial charge in [-0.25, -0.2) is 4.98 Å². The summed E-state index contributed by atoms with van der Waals surface area (Å²) < 4.78 is 5.64. The normalized spacial score (nSPS) is 20.4. The molecule has 2 heterocycles. The Hall–Kier alpha value is -1.18. The van der Waals surface area contributed by atoms with Gasteiger partial charge in [0.2, 0.25) is 0 Å². The predicted molar refractivity (Wildman–Crippen MR) is 75.5 cm³/mol. The van der Waals surface area contributed by atoms with E-state index in [0.29, 0.717) is 22.2 Å². The molecule has 3 N–H and O–H groups in total. The van der Waals surface area contributed by atoms with Gasteiger partial charge in [0.1, 0.15) is 4.88 Å². The largest absolute Gasteiger partial charge is 0.375 e. The quantitative estimate of drug-likeness (QED) is 0.841. The molecule has 1 atom stereocenters. The molecule has 1 aliphatic rings. The summed E-state index contributed by atoms with van der Waals surface area (Å²) in [6.45, 7) is 8.00. The fourth-order valence-electron chi connectivity index (χ4n) is 2.11. The first kappa shape index (κ1) is 14.2. The monoisotopic (exact) mass is 284 g/mol. The molecule has 7 heteroatoms. The molecular weight excluding hydrogens is 264 g/mol. The van der Waals surface area contributed by atoms with Gasteiger partial charge in [-0.1, -0.05) is 18.3 Å². The molecule has 0 spiro atoms. The van der Waals surface area contributed by atoms with E-state index in [0.717, 1.165) is 26.2 Å². The van der Waals surface area contributed by atoms with Gasteiger partial charge in [-0.3, -0.25) is 9.69 Å². The summed E-state index contributed by atoms with van der Waals surface area (Å²) in [6, 6.07) is 0.